The Morgan fingerprint density at radius 1 is 1.19 bits per heavy atom. The van der Waals surface area contributed by atoms with Crippen molar-refractivity contribution in [3.63, 3.8) is 0 Å². The van der Waals surface area contributed by atoms with E-state index >= 15 is 0 Å². The molecular formula is C16H12ClFO3. The number of fused-ring (bicyclic) bond motifs is 1. The molecule has 0 aromatic heterocycles. The predicted molar refractivity (Wildman–Crippen MR) is 76.5 cm³/mol. The molecule has 1 atom stereocenters. The van der Waals surface area contributed by atoms with Crippen LogP contribution in [0.2, 0.25) is 5.02 Å². The van der Waals surface area contributed by atoms with E-state index in [2.05, 4.69) is 0 Å². The number of para-hydroxylation sites is 2. The first-order valence-electron chi connectivity index (χ1n) is 6.49. The molecule has 1 heterocycles. The molecule has 0 saturated carbocycles. The highest BCUT2D eigenvalue weighted by Gasteiger charge is 2.28. The molecule has 0 aliphatic carbocycles. The van der Waals surface area contributed by atoms with E-state index in [9.17, 15) is 9.18 Å². The van der Waals surface area contributed by atoms with E-state index in [1.165, 1.54) is 12.1 Å². The third-order valence-corrected chi connectivity index (χ3v) is 3.63. The summed E-state index contributed by atoms with van der Waals surface area (Å²) < 4.78 is 24.8. The molecule has 0 amide bonds. The summed E-state index contributed by atoms with van der Waals surface area (Å²) in [5.74, 6) is 0.358. The Morgan fingerprint density at radius 2 is 1.95 bits per heavy atom. The summed E-state index contributed by atoms with van der Waals surface area (Å²) in [7, 11) is 0. The quantitative estimate of drug-likeness (QED) is 0.871. The van der Waals surface area contributed by atoms with Crippen molar-refractivity contribution in [2.45, 2.75) is 12.5 Å². The summed E-state index contributed by atoms with van der Waals surface area (Å²) in [6.07, 6.45) is -0.877. The second-order valence-corrected chi connectivity index (χ2v) is 5.11. The van der Waals surface area contributed by atoms with Gasteiger partial charge in [0.1, 0.15) is 12.4 Å². The minimum Gasteiger partial charge on any atom is -0.485 e. The van der Waals surface area contributed by atoms with Crippen molar-refractivity contribution in [1.29, 1.82) is 0 Å². The van der Waals surface area contributed by atoms with Crippen molar-refractivity contribution in [2.24, 2.45) is 0 Å². The van der Waals surface area contributed by atoms with Gasteiger partial charge in [-0.3, -0.25) is 4.79 Å². The summed E-state index contributed by atoms with van der Waals surface area (Å²) >= 11 is 5.93. The molecule has 3 rings (SSSR count). The number of rotatable bonds is 3. The lowest BCUT2D eigenvalue weighted by atomic mass is 10.0. The Balaban J connectivity index is 1.76. The molecule has 0 N–H and O–H groups in total. The van der Waals surface area contributed by atoms with Crippen LogP contribution in [-0.4, -0.2) is 18.5 Å². The fourth-order valence-electron chi connectivity index (χ4n) is 2.17. The molecule has 1 aliphatic rings. The number of hydrogen-bond donors (Lipinski definition) is 0. The topological polar surface area (TPSA) is 35.5 Å². The molecule has 1 aliphatic heterocycles. The normalized spacial score (nSPS) is 16.6. The molecule has 0 bridgehead atoms. The second kappa shape index (κ2) is 5.74. The summed E-state index contributed by atoms with van der Waals surface area (Å²) in [6, 6.07) is 11.5. The fourth-order valence-corrected chi connectivity index (χ4v) is 2.40. The molecule has 0 spiro atoms. The highest BCUT2D eigenvalue weighted by Crippen LogP contribution is 2.31. The molecule has 2 aromatic rings. The molecule has 21 heavy (non-hydrogen) atoms. The van der Waals surface area contributed by atoms with Gasteiger partial charge >= 0.3 is 0 Å². The number of halogens is 2. The van der Waals surface area contributed by atoms with Crippen LogP contribution in [0.3, 0.4) is 0 Å². The fraction of sp³-hybridized carbons (Fsp3) is 0.188. The van der Waals surface area contributed by atoms with Crippen molar-refractivity contribution in [3.8, 4) is 11.5 Å². The number of hydrogen-bond acceptors (Lipinski definition) is 3. The minimum absolute atomic E-state index is 0.113. The van der Waals surface area contributed by atoms with Crippen LogP contribution >= 0.6 is 11.6 Å². The van der Waals surface area contributed by atoms with Crippen LogP contribution in [0, 0.1) is 5.82 Å². The van der Waals surface area contributed by atoms with E-state index in [0.717, 1.165) is 0 Å². The lowest BCUT2D eigenvalue weighted by molar-refractivity contribution is -0.127. The number of benzene rings is 2. The largest absolute Gasteiger partial charge is 0.485 e. The van der Waals surface area contributed by atoms with Gasteiger partial charge in [-0.05, 0) is 24.3 Å². The SMILES string of the molecule is O=C(Cc1c(F)cccc1Cl)C1COc2ccccc2O1. The van der Waals surface area contributed by atoms with Gasteiger partial charge in [0.15, 0.2) is 23.4 Å². The molecule has 0 fully saturated rings. The maximum absolute atomic E-state index is 13.7. The van der Waals surface area contributed by atoms with Gasteiger partial charge in [-0.1, -0.05) is 29.8 Å². The number of carbonyl (C=O) groups is 1. The monoisotopic (exact) mass is 306 g/mol. The highest BCUT2D eigenvalue weighted by atomic mass is 35.5. The summed E-state index contributed by atoms with van der Waals surface area (Å²) in [6.45, 7) is 0.113. The zero-order valence-electron chi connectivity index (χ0n) is 11.0. The summed E-state index contributed by atoms with van der Waals surface area (Å²) in [5, 5.41) is 0.237. The smallest absolute Gasteiger partial charge is 0.191 e. The van der Waals surface area contributed by atoms with Gasteiger partial charge in [0.05, 0.1) is 0 Å². The Bertz CT molecular complexity index is 667. The van der Waals surface area contributed by atoms with Gasteiger partial charge in [-0.2, -0.15) is 0 Å². The third-order valence-electron chi connectivity index (χ3n) is 3.28. The number of carbonyl (C=O) groups excluding carboxylic acids is 1. The average molecular weight is 307 g/mol. The van der Waals surface area contributed by atoms with Gasteiger partial charge in [0.2, 0.25) is 0 Å². The molecule has 108 valence electrons. The lowest BCUT2D eigenvalue weighted by Crippen LogP contribution is -2.37. The number of Topliss-reactive ketones (excluding diaryl/α,β-unsaturated/α-hetero) is 1. The first-order valence-corrected chi connectivity index (χ1v) is 6.87. The van der Waals surface area contributed by atoms with Crippen molar-refractivity contribution in [2.75, 3.05) is 6.61 Å². The molecule has 3 nitrogen and oxygen atoms in total. The van der Waals surface area contributed by atoms with Crippen molar-refractivity contribution >= 4 is 17.4 Å². The Hall–Kier alpha value is -2.07. The number of ether oxygens (including phenoxy) is 2. The molecule has 2 aromatic carbocycles. The van der Waals surface area contributed by atoms with E-state index in [1.54, 1.807) is 24.3 Å². The third kappa shape index (κ3) is 2.85. The molecular weight excluding hydrogens is 295 g/mol. The standard InChI is InChI=1S/C16H12ClFO3/c17-11-4-3-5-12(18)10(11)8-13(19)16-9-20-14-6-1-2-7-15(14)21-16/h1-7,16H,8-9H2. The van der Waals surface area contributed by atoms with Crippen LogP contribution in [0.5, 0.6) is 11.5 Å². The highest BCUT2D eigenvalue weighted by molar-refractivity contribution is 6.31. The van der Waals surface area contributed by atoms with Crippen molar-refractivity contribution in [3.05, 3.63) is 58.9 Å². The summed E-state index contributed by atoms with van der Waals surface area (Å²) in [4.78, 5) is 12.3. The van der Waals surface area contributed by atoms with Gasteiger partial charge < -0.3 is 9.47 Å². The first kappa shape index (κ1) is 13.9. The second-order valence-electron chi connectivity index (χ2n) is 4.71. The zero-order chi connectivity index (χ0) is 14.8. The Morgan fingerprint density at radius 3 is 2.71 bits per heavy atom. The van der Waals surface area contributed by atoms with E-state index in [0.29, 0.717) is 11.5 Å². The molecule has 5 heteroatoms. The lowest BCUT2D eigenvalue weighted by Gasteiger charge is -2.25. The Kier molecular flexibility index (Phi) is 3.80. The van der Waals surface area contributed by atoms with E-state index in [1.807, 2.05) is 6.07 Å². The van der Waals surface area contributed by atoms with Gasteiger partial charge in [-0.15, -0.1) is 0 Å². The van der Waals surface area contributed by atoms with Crippen LogP contribution in [0.15, 0.2) is 42.5 Å². The maximum atomic E-state index is 13.7. The van der Waals surface area contributed by atoms with Gasteiger partial charge in [-0.25, -0.2) is 4.39 Å². The van der Waals surface area contributed by atoms with Crippen LogP contribution in [0.1, 0.15) is 5.56 Å². The zero-order valence-corrected chi connectivity index (χ0v) is 11.8. The minimum atomic E-state index is -0.754. The predicted octanol–water partition coefficient (Wildman–Crippen LogP) is 3.43. The van der Waals surface area contributed by atoms with Crippen molar-refractivity contribution in [1.82, 2.24) is 0 Å². The van der Waals surface area contributed by atoms with Gasteiger partial charge in [0, 0.05) is 17.0 Å². The summed E-state index contributed by atoms with van der Waals surface area (Å²) in [5.41, 5.74) is 0.187. The van der Waals surface area contributed by atoms with Crippen LogP contribution in [0.4, 0.5) is 4.39 Å². The first-order chi connectivity index (χ1) is 10.1. The molecule has 0 radical (unpaired) electrons. The van der Waals surface area contributed by atoms with Crippen LogP contribution in [-0.2, 0) is 11.2 Å². The van der Waals surface area contributed by atoms with E-state index < -0.39 is 11.9 Å². The van der Waals surface area contributed by atoms with Crippen LogP contribution < -0.4 is 9.47 Å². The van der Waals surface area contributed by atoms with Gasteiger partial charge in [0.25, 0.3) is 0 Å². The number of ketones is 1. The maximum Gasteiger partial charge on any atom is 0.191 e. The molecule has 0 saturated heterocycles. The van der Waals surface area contributed by atoms with Crippen molar-refractivity contribution < 1.29 is 18.7 Å². The average Bonchev–Trinajstić information content (AvgIpc) is 2.50. The van der Waals surface area contributed by atoms with E-state index in [4.69, 9.17) is 21.1 Å². The Labute approximate surface area is 126 Å². The van der Waals surface area contributed by atoms with E-state index in [-0.39, 0.29) is 29.4 Å². The van der Waals surface area contributed by atoms with Crippen LogP contribution in [0.25, 0.3) is 0 Å². The molecule has 1 unspecified atom stereocenters.